The fourth-order valence-electron chi connectivity index (χ4n) is 5.53. The van der Waals surface area contributed by atoms with E-state index in [9.17, 15) is 27.9 Å². The first-order chi connectivity index (χ1) is 25.2. The summed E-state index contributed by atoms with van der Waals surface area (Å²) in [6.45, 7) is 0.333. The van der Waals surface area contributed by atoms with Crippen LogP contribution < -0.4 is 15.8 Å². The summed E-state index contributed by atoms with van der Waals surface area (Å²) in [5.41, 5.74) is 7.97. The van der Waals surface area contributed by atoms with Crippen molar-refractivity contribution in [3.63, 3.8) is 0 Å². The summed E-state index contributed by atoms with van der Waals surface area (Å²) in [4.78, 5) is 37.4. The number of amides is 2. The number of rotatable bonds is 25. The lowest BCUT2D eigenvalue weighted by atomic mass is 10.0. The highest BCUT2D eigenvalue weighted by molar-refractivity contribution is 7.90. The predicted molar refractivity (Wildman–Crippen MR) is 208 cm³/mol. The van der Waals surface area contributed by atoms with E-state index in [2.05, 4.69) is 34.3 Å². The van der Waals surface area contributed by atoms with Gasteiger partial charge in [0, 0.05) is 36.2 Å². The van der Waals surface area contributed by atoms with Gasteiger partial charge in [0.05, 0.1) is 11.0 Å². The van der Waals surface area contributed by atoms with E-state index in [1.165, 1.54) is 49.9 Å². The molecule has 0 aliphatic heterocycles. The summed E-state index contributed by atoms with van der Waals surface area (Å²) in [6.07, 6.45) is 21.1. The monoisotopic (exact) mass is 729 g/mol. The van der Waals surface area contributed by atoms with Crippen LogP contribution in [0.3, 0.4) is 0 Å². The summed E-state index contributed by atoms with van der Waals surface area (Å²) in [5.74, 6) is -0.841. The Morgan fingerprint density at radius 3 is 1.83 bits per heavy atom. The molecule has 2 amide bonds. The normalized spacial score (nSPS) is 12.3. The first-order valence-electron chi connectivity index (χ1n) is 18.5. The van der Waals surface area contributed by atoms with Crippen molar-refractivity contribution in [1.29, 1.82) is 0 Å². The van der Waals surface area contributed by atoms with E-state index in [1.54, 1.807) is 24.3 Å². The number of aryl methyl sites for hydroxylation is 1. The van der Waals surface area contributed by atoms with E-state index in [1.807, 2.05) is 30.3 Å². The number of benzene rings is 3. The maximum Gasteiger partial charge on any atom is 0.264 e. The number of aliphatic hydroxyl groups excluding tert-OH is 1. The van der Waals surface area contributed by atoms with Gasteiger partial charge in [-0.05, 0) is 94.0 Å². The Morgan fingerprint density at radius 1 is 0.654 bits per heavy atom. The molecule has 3 aromatic carbocycles. The zero-order valence-corrected chi connectivity index (χ0v) is 31.0. The molecule has 52 heavy (non-hydrogen) atoms. The predicted octanol–water partition coefficient (Wildman–Crippen LogP) is 7.80. The summed E-state index contributed by atoms with van der Waals surface area (Å²) >= 11 is 0. The fourth-order valence-corrected chi connectivity index (χ4v) is 6.55. The molecule has 0 fully saturated rings. The Bertz CT molecular complexity index is 1670. The lowest BCUT2D eigenvalue weighted by Gasteiger charge is -2.09. The molecule has 1 atom stereocenters. The van der Waals surface area contributed by atoms with E-state index >= 15 is 0 Å². The molecule has 0 heterocycles. The molecule has 0 unspecified atom stereocenters. The second-order valence-corrected chi connectivity index (χ2v) is 14.7. The average molecular weight is 730 g/mol. The number of carbonyl (C=O) groups excluding carboxylic acids is 3. The third-order valence-electron chi connectivity index (χ3n) is 8.62. The molecule has 3 rings (SSSR count). The number of anilines is 1. The molecule has 9 nitrogen and oxygen atoms in total. The summed E-state index contributed by atoms with van der Waals surface area (Å²) in [7, 11) is -4.02. The van der Waals surface area contributed by atoms with Gasteiger partial charge in [-0.1, -0.05) is 98.2 Å². The van der Waals surface area contributed by atoms with Crippen LogP contribution in [0.15, 0.2) is 108 Å². The Morgan fingerprint density at radius 2 is 1.21 bits per heavy atom. The minimum Gasteiger partial charge on any atom is -0.392 e. The van der Waals surface area contributed by atoms with Gasteiger partial charge in [-0.3, -0.25) is 14.4 Å². The molecule has 5 N–H and O–H groups in total. The van der Waals surface area contributed by atoms with Gasteiger partial charge in [0.2, 0.25) is 11.8 Å². The smallest absolute Gasteiger partial charge is 0.264 e. The number of unbranched alkanes of at least 4 members (excludes halogenated alkanes) is 8. The zero-order chi connectivity index (χ0) is 37.4. The SMILES string of the molecule is NC[C@@H](O)CCC/C=C\CCCCCCC/C=C\CCCC(=O)NS(=O)(=O)c1ccc(NC(=O)CCc2ccc(C(=O)c3ccccc3)cc2)cc1. The minimum absolute atomic E-state index is 0.0588. The lowest BCUT2D eigenvalue weighted by molar-refractivity contribution is -0.119. The van der Waals surface area contributed by atoms with Crippen LogP contribution in [0.5, 0.6) is 0 Å². The molecule has 0 aliphatic carbocycles. The van der Waals surface area contributed by atoms with Crippen molar-refractivity contribution in [3.05, 3.63) is 120 Å². The number of hydrogen-bond acceptors (Lipinski definition) is 7. The van der Waals surface area contributed by atoms with Crippen LogP contribution in [0.25, 0.3) is 0 Å². The molecule has 0 aliphatic rings. The van der Waals surface area contributed by atoms with Crippen LogP contribution >= 0.6 is 0 Å². The van der Waals surface area contributed by atoms with Crippen LogP contribution in [0.2, 0.25) is 0 Å². The van der Waals surface area contributed by atoms with E-state index in [0.717, 1.165) is 44.1 Å². The Hall–Kier alpha value is -4.38. The Kier molecular flexibility index (Phi) is 19.4. The molecule has 280 valence electrons. The molecular formula is C42H55N3O6S. The lowest BCUT2D eigenvalue weighted by Crippen LogP contribution is -2.30. The Balaban J connectivity index is 1.24. The molecule has 0 radical (unpaired) electrons. The zero-order valence-electron chi connectivity index (χ0n) is 30.2. The molecule has 0 aromatic heterocycles. The maximum absolute atomic E-state index is 12.7. The highest BCUT2D eigenvalue weighted by Gasteiger charge is 2.17. The average Bonchev–Trinajstić information content (AvgIpc) is 3.15. The van der Waals surface area contributed by atoms with E-state index < -0.39 is 15.9 Å². The number of nitrogens with two attached hydrogens (primary N) is 1. The second-order valence-electron chi connectivity index (χ2n) is 13.0. The molecule has 0 bridgehead atoms. The molecule has 3 aromatic rings. The van der Waals surface area contributed by atoms with Crippen molar-refractivity contribution < 1.29 is 27.9 Å². The van der Waals surface area contributed by atoms with Gasteiger partial charge in [0.1, 0.15) is 0 Å². The van der Waals surface area contributed by atoms with Crippen molar-refractivity contribution in [3.8, 4) is 0 Å². The van der Waals surface area contributed by atoms with Gasteiger partial charge in [-0.25, -0.2) is 13.1 Å². The van der Waals surface area contributed by atoms with Gasteiger partial charge in [0.25, 0.3) is 10.0 Å². The van der Waals surface area contributed by atoms with Gasteiger partial charge in [-0.2, -0.15) is 0 Å². The van der Waals surface area contributed by atoms with Crippen LogP contribution in [0.4, 0.5) is 5.69 Å². The van der Waals surface area contributed by atoms with Crippen molar-refractivity contribution in [1.82, 2.24) is 4.72 Å². The first kappa shape index (κ1) is 42.0. The van der Waals surface area contributed by atoms with Crippen molar-refractivity contribution in [2.45, 2.75) is 107 Å². The van der Waals surface area contributed by atoms with Crippen LogP contribution in [-0.2, 0) is 26.0 Å². The number of allylic oxidation sites excluding steroid dienone is 4. The first-order valence-corrected chi connectivity index (χ1v) is 20.0. The number of hydrogen-bond donors (Lipinski definition) is 4. The quantitative estimate of drug-likeness (QED) is 0.0394. The maximum atomic E-state index is 12.7. The van der Waals surface area contributed by atoms with E-state index in [-0.39, 0.29) is 35.5 Å². The molecule has 10 heteroatoms. The largest absolute Gasteiger partial charge is 0.392 e. The van der Waals surface area contributed by atoms with Gasteiger partial charge in [-0.15, -0.1) is 0 Å². The van der Waals surface area contributed by atoms with Crippen LogP contribution in [0.1, 0.15) is 111 Å². The third-order valence-corrected chi connectivity index (χ3v) is 10.0. The van der Waals surface area contributed by atoms with Crippen LogP contribution in [0, 0.1) is 0 Å². The molecule has 0 saturated carbocycles. The van der Waals surface area contributed by atoms with Gasteiger partial charge < -0.3 is 16.2 Å². The molecule has 0 saturated heterocycles. The van der Waals surface area contributed by atoms with E-state index in [0.29, 0.717) is 42.6 Å². The summed E-state index contributed by atoms with van der Waals surface area (Å²) < 4.78 is 27.6. The third kappa shape index (κ3) is 16.8. The summed E-state index contributed by atoms with van der Waals surface area (Å²) in [6, 6.07) is 21.9. The fraction of sp³-hybridized carbons (Fsp3) is 0.405. The number of aliphatic hydroxyl groups is 1. The van der Waals surface area contributed by atoms with Crippen LogP contribution in [-0.4, -0.2) is 43.8 Å². The number of nitrogens with one attached hydrogen (secondary N) is 2. The van der Waals surface area contributed by atoms with Crippen molar-refractivity contribution in [2.24, 2.45) is 5.73 Å². The number of sulfonamides is 1. The molecular weight excluding hydrogens is 675 g/mol. The standard InChI is InChI=1S/C42H55N3O6S/c43-33-38(46)21-17-12-10-8-6-4-2-1-3-5-7-9-11-13-18-22-41(48)45-52(50,51)39-30-28-37(29-31-39)44-40(47)32-25-34-23-26-36(27-24-34)42(49)35-19-15-14-16-20-35/h8-11,14-16,19-20,23-24,26-31,38,46H,1-7,12-13,17-18,21-22,25,32-33,43H2,(H,44,47)(H,45,48)/b10-8-,11-9-/t38-/m0/s1. The van der Waals surface area contributed by atoms with Gasteiger partial charge >= 0.3 is 0 Å². The number of ketones is 1. The Labute approximate surface area is 309 Å². The minimum atomic E-state index is -4.02. The highest BCUT2D eigenvalue weighted by atomic mass is 32.2. The molecule has 0 spiro atoms. The topological polar surface area (TPSA) is 156 Å². The van der Waals surface area contributed by atoms with E-state index in [4.69, 9.17) is 5.73 Å². The highest BCUT2D eigenvalue weighted by Crippen LogP contribution is 2.17. The van der Waals surface area contributed by atoms with Crippen molar-refractivity contribution >= 4 is 33.3 Å². The number of carbonyl (C=O) groups is 3. The van der Waals surface area contributed by atoms with Crippen molar-refractivity contribution in [2.75, 3.05) is 11.9 Å². The van der Waals surface area contributed by atoms with Gasteiger partial charge in [0.15, 0.2) is 5.78 Å². The second kappa shape index (κ2) is 24.0. The summed E-state index contributed by atoms with van der Waals surface area (Å²) in [5, 5.41) is 12.2.